The largest absolute Gasteiger partial charge is 0.492 e. The Labute approximate surface area is 219 Å². The van der Waals surface area contributed by atoms with E-state index >= 15 is 0 Å². The number of carbonyl (C=O) groups is 2. The second kappa shape index (κ2) is 9.49. The summed E-state index contributed by atoms with van der Waals surface area (Å²) in [5.41, 5.74) is 2.97. The van der Waals surface area contributed by atoms with Gasteiger partial charge in [-0.3, -0.25) is 9.59 Å². The average Bonchev–Trinajstić information content (AvgIpc) is 3.86. The summed E-state index contributed by atoms with van der Waals surface area (Å²) >= 11 is 0. The van der Waals surface area contributed by atoms with Crippen LogP contribution in [-0.2, 0) is 4.79 Å². The van der Waals surface area contributed by atoms with E-state index in [1.54, 1.807) is 6.20 Å². The maximum Gasteiger partial charge on any atom is 0.255 e. The summed E-state index contributed by atoms with van der Waals surface area (Å²) in [6.45, 7) is 0.777. The first kappa shape index (κ1) is 23.3. The van der Waals surface area contributed by atoms with Gasteiger partial charge in [0.1, 0.15) is 23.3 Å². The van der Waals surface area contributed by atoms with Gasteiger partial charge in [0.25, 0.3) is 5.91 Å². The number of H-pyrrole nitrogens is 1. The fourth-order valence-electron chi connectivity index (χ4n) is 5.40. The summed E-state index contributed by atoms with van der Waals surface area (Å²) in [6.07, 6.45) is 10.9. The van der Waals surface area contributed by atoms with Gasteiger partial charge in [-0.25, -0.2) is 9.97 Å². The molecule has 2 amide bonds. The number of fused-ring (bicyclic) bond motifs is 2. The molecule has 3 saturated carbocycles. The summed E-state index contributed by atoms with van der Waals surface area (Å²) in [4.78, 5) is 37.6. The Bertz CT molecular complexity index is 1390. The van der Waals surface area contributed by atoms with Crippen molar-refractivity contribution in [1.29, 1.82) is 0 Å². The molecule has 3 aliphatic carbocycles. The van der Waals surface area contributed by atoms with Crippen LogP contribution >= 0.6 is 0 Å². The highest BCUT2D eigenvalue weighted by molar-refractivity contribution is 6.08. The Morgan fingerprint density at radius 3 is 2.53 bits per heavy atom. The first-order valence-corrected chi connectivity index (χ1v) is 13.6. The minimum absolute atomic E-state index is 0.0632. The number of aromatic amines is 1. The summed E-state index contributed by atoms with van der Waals surface area (Å²) in [5, 5.41) is 6.34. The van der Waals surface area contributed by atoms with Gasteiger partial charge in [0.2, 0.25) is 12.7 Å². The molecule has 3 heterocycles. The number of rotatable bonds is 8. The van der Waals surface area contributed by atoms with Crippen LogP contribution in [0.25, 0.3) is 22.3 Å². The highest BCUT2D eigenvalue weighted by Gasteiger charge is 2.33. The van der Waals surface area contributed by atoms with Crippen LogP contribution in [0.2, 0.25) is 0 Å². The molecule has 1 aliphatic heterocycles. The van der Waals surface area contributed by atoms with Gasteiger partial charge >= 0.3 is 0 Å². The van der Waals surface area contributed by atoms with Gasteiger partial charge in [0.05, 0.1) is 23.3 Å². The molecule has 3 aromatic rings. The van der Waals surface area contributed by atoms with Crippen LogP contribution in [0.3, 0.4) is 0 Å². The normalized spacial score (nSPS) is 22.3. The molecule has 1 aromatic carbocycles. The fourth-order valence-corrected chi connectivity index (χ4v) is 5.40. The quantitative estimate of drug-likeness (QED) is 0.416. The number of carbonyl (C=O) groups excluding carboxylic acids is 2. The van der Waals surface area contributed by atoms with Crippen LogP contribution in [-0.4, -0.2) is 52.2 Å². The highest BCUT2D eigenvalue weighted by atomic mass is 16.7. The number of nitrogens with one attached hydrogen (secondary N) is 3. The monoisotopic (exact) mass is 517 g/mol. The number of ether oxygens (including phenoxy) is 3. The molecule has 10 nitrogen and oxygen atoms in total. The molecule has 7 rings (SSSR count). The lowest BCUT2D eigenvalue weighted by molar-refractivity contribution is -0.123. The molecule has 0 saturated heterocycles. The van der Waals surface area contributed by atoms with Crippen molar-refractivity contribution in [2.24, 2.45) is 11.8 Å². The van der Waals surface area contributed by atoms with E-state index in [9.17, 15) is 9.59 Å². The first-order chi connectivity index (χ1) is 18.6. The van der Waals surface area contributed by atoms with E-state index in [2.05, 4.69) is 25.6 Å². The van der Waals surface area contributed by atoms with Crippen molar-refractivity contribution in [3.05, 3.63) is 30.2 Å². The maximum atomic E-state index is 13.3. The van der Waals surface area contributed by atoms with E-state index in [4.69, 9.17) is 14.2 Å². The van der Waals surface area contributed by atoms with Gasteiger partial charge in [-0.05, 0) is 69.4 Å². The van der Waals surface area contributed by atoms with Crippen LogP contribution in [0.4, 0.5) is 0 Å². The number of nitrogens with zero attached hydrogens (tertiary/aromatic N) is 2. The van der Waals surface area contributed by atoms with Crippen molar-refractivity contribution in [3.8, 4) is 28.5 Å². The van der Waals surface area contributed by atoms with E-state index in [1.165, 1.54) is 19.2 Å². The van der Waals surface area contributed by atoms with Crippen molar-refractivity contribution in [2.45, 2.75) is 63.5 Å². The Morgan fingerprint density at radius 2 is 1.76 bits per heavy atom. The second-order valence-corrected chi connectivity index (χ2v) is 10.9. The summed E-state index contributed by atoms with van der Waals surface area (Å²) in [7, 11) is 0. The molecule has 0 bridgehead atoms. The van der Waals surface area contributed by atoms with Gasteiger partial charge in [0, 0.05) is 24.2 Å². The van der Waals surface area contributed by atoms with Crippen LogP contribution in [0.15, 0.2) is 24.7 Å². The lowest BCUT2D eigenvalue weighted by Gasteiger charge is -2.29. The molecule has 2 aromatic heterocycles. The van der Waals surface area contributed by atoms with E-state index in [0.29, 0.717) is 57.6 Å². The van der Waals surface area contributed by atoms with Crippen molar-refractivity contribution in [3.63, 3.8) is 0 Å². The molecular weight excluding hydrogens is 486 g/mol. The van der Waals surface area contributed by atoms with Crippen molar-refractivity contribution in [2.75, 3.05) is 13.4 Å². The Balaban J connectivity index is 1.10. The predicted molar refractivity (Wildman–Crippen MR) is 138 cm³/mol. The molecule has 10 heteroatoms. The molecule has 0 spiro atoms. The standard InChI is InChI=1S/C28H31N5O5/c34-27(16-3-4-16)32-17-5-7-18(8-6-17)33-28(35)19-11-29-25-23(19)30-13-31-24(25)22-20(36-12-15-1-2-15)9-10-21-26(22)38-14-37-21/h9-11,13,15-18,29H,1-8,12,14H2,(H,32,34)(H,33,35)/t17-,18+. The number of aromatic nitrogens is 3. The number of amides is 2. The van der Waals surface area contributed by atoms with Crippen molar-refractivity contribution >= 4 is 22.8 Å². The summed E-state index contributed by atoms with van der Waals surface area (Å²) < 4.78 is 17.6. The number of benzene rings is 1. The third-order valence-corrected chi connectivity index (χ3v) is 7.97. The van der Waals surface area contributed by atoms with Gasteiger partial charge < -0.3 is 29.8 Å². The van der Waals surface area contributed by atoms with Crippen LogP contribution < -0.4 is 24.8 Å². The van der Waals surface area contributed by atoms with E-state index < -0.39 is 0 Å². The average molecular weight is 518 g/mol. The third kappa shape index (κ3) is 4.52. The van der Waals surface area contributed by atoms with Crippen molar-refractivity contribution in [1.82, 2.24) is 25.6 Å². The Hall–Kier alpha value is -3.82. The fraction of sp³-hybridized carbons (Fsp3) is 0.500. The topological polar surface area (TPSA) is 127 Å². The molecular formula is C28H31N5O5. The van der Waals surface area contributed by atoms with Gasteiger partial charge in [0.15, 0.2) is 11.5 Å². The third-order valence-electron chi connectivity index (χ3n) is 7.97. The zero-order valence-corrected chi connectivity index (χ0v) is 21.1. The number of hydrogen-bond donors (Lipinski definition) is 3. The van der Waals surface area contributed by atoms with E-state index in [0.717, 1.165) is 38.5 Å². The van der Waals surface area contributed by atoms with Gasteiger partial charge in [-0.15, -0.1) is 0 Å². The van der Waals surface area contributed by atoms with Crippen molar-refractivity contribution < 1.29 is 23.8 Å². The second-order valence-electron chi connectivity index (χ2n) is 10.9. The van der Waals surface area contributed by atoms with E-state index in [1.807, 2.05) is 12.1 Å². The molecule has 4 aliphatic rings. The zero-order valence-electron chi connectivity index (χ0n) is 21.1. The van der Waals surface area contributed by atoms with Crippen LogP contribution in [0, 0.1) is 11.8 Å². The minimum atomic E-state index is -0.172. The molecule has 198 valence electrons. The Morgan fingerprint density at radius 1 is 0.974 bits per heavy atom. The molecule has 0 atom stereocenters. The molecule has 3 fully saturated rings. The van der Waals surface area contributed by atoms with Crippen LogP contribution in [0.1, 0.15) is 61.7 Å². The smallest absolute Gasteiger partial charge is 0.255 e. The summed E-state index contributed by atoms with van der Waals surface area (Å²) in [6, 6.07) is 4.01. The summed E-state index contributed by atoms with van der Waals surface area (Å²) in [5.74, 6) is 2.72. The van der Waals surface area contributed by atoms with Gasteiger partial charge in [-0.2, -0.15) is 0 Å². The van der Waals surface area contributed by atoms with Gasteiger partial charge in [-0.1, -0.05) is 0 Å². The lowest BCUT2D eigenvalue weighted by Crippen LogP contribution is -2.44. The molecule has 0 unspecified atom stereocenters. The molecule has 3 N–H and O–H groups in total. The Kier molecular flexibility index (Phi) is 5.82. The van der Waals surface area contributed by atoms with E-state index in [-0.39, 0.29) is 36.6 Å². The maximum absolute atomic E-state index is 13.3. The number of hydrogen-bond acceptors (Lipinski definition) is 7. The predicted octanol–water partition coefficient (Wildman–Crippen LogP) is 3.71. The van der Waals surface area contributed by atoms with Crippen LogP contribution in [0.5, 0.6) is 17.2 Å². The zero-order chi connectivity index (χ0) is 25.6. The minimum Gasteiger partial charge on any atom is -0.492 e. The highest BCUT2D eigenvalue weighted by Crippen LogP contribution is 2.48. The molecule has 38 heavy (non-hydrogen) atoms. The molecule has 0 radical (unpaired) electrons. The lowest BCUT2D eigenvalue weighted by atomic mass is 9.91. The SMILES string of the molecule is O=C(N[C@H]1CC[C@@H](NC(=O)C2CC2)CC1)c1c[nH]c2c(-c3c(OCC4CC4)ccc4c3OCO4)ncnc12. The first-order valence-electron chi connectivity index (χ1n) is 13.6.